The minimum atomic E-state index is 0.117. The number of anilines is 2. The van der Waals surface area contributed by atoms with Crippen molar-refractivity contribution >= 4 is 22.7 Å². The molecule has 0 fully saturated rings. The first kappa shape index (κ1) is 13.0. The third kappa shape index (κ3) is 2.85. The fourth-order valence-corrected chi connectivity index (χ4v) is 2.76. The van der Waals surface area contributed by atoms with Gasteiger partial charge in [0.25, 0.3) is 0 Å². The van der Waals surface area contributed by atoms with E-state index in [-0.39, 0.29) is 5.41 Å². The van der Waals surface area contributed by atoms with Crippen LogP contribution in [0.25, 0.3) is 0 Å². The van der Waals surface area contributed by atoms with Gasteiger partial charge in [-0.25, -0.2) is 0 Å². The van der Waals surface area contributed by atoms with Gasteiger partial charge in [-0.3, -0.25) is 0 Å². The summed E-state index contributed by atoms with van der Waals surface area (Å²) in [5.74, 6) is 0. The molecule has 1 aromatic carbocycles. The van der Waals surface area contributed by atoms with E-state index in [4.69, 9.17) is 5.73 Å². The van der Waals surface area contributed by atoms with Crippen LogP contribution in [0.3, 0.4) is 0 Å². The zero-order valence-electron chi connectivity index (χ0n) is 11.2. The third-order valence-corrected chi connectivity index (χ3v) is 4.35. The van der Waals surface area contributed by atoms with Gasteiger partial charge in [0.15, 0.2) is 0 Å². The summed E-state index contributed by atoms with van der Waals surface area (Å²) in [6, 6.07) is 10.4. The maximum absolute atomic E-state index is 6.01. The molecule has 0 saturated heterocycles. The van der Waals surface area contributed by atoms with Crippen molar-refractivity contribution in [3.63, 3.8) is 0 Å². The minimum Gasteiger partial charge on any atom is -0.397 e. The average Bonchev–Trinajstić information content (AvgIpc) is 2.82. The van der Waals surface area contributed by atoms with Crippen LogP contribution in [0.2, 0.25) is 0 Å². The number of nitrogen functional groups attached to an aromatic ring is 1. The molecule has 0 bridgehead atoms. The van der Waals surface area contributed by atoms with Gasteiger partial charge in [0.05, 0.1) is 11.4 Å². The van der Waals surface area contributed by atoms with Crippen molar-refractivity contribution in [2.45, 2.75) is 26.2 Å². The summed E-state index contributed by atoms with van der Waals surface area (Å²) in [6.45, 7) is 7.42. The van der Waals surface area contributed by atoms with Crippen LogP contribution in [0.15, 0.2) is 35.7 Å². The molecule has 0 spiro atoms. The standard InChI is InChI=1S/C15H20N2S/c1-11-6-7-13(12(16)9-11)17-10-15(2,3)14-5-4-8-18-14/h4-9,17H,10,16H2,1-3H3. The maximum atomic E-state index is 6.01. The van der Waals surface area contributed by atoms with Crippen molar-refractivity contribution < 1.29 is 0 Å². The van der Waals surface area contributed by atoms with Crippen LogP contribution in [0.1, 0.15) is 24.3 Å². The first-order valence-corrected chi connectivity index (χ1v) is 7.01. The predicted molar refractivity (Wildman–Crippen MR) is 81.4 cm³/mol. The van der Waals surface area contributed by atoms with E-state index in [0.717, 1.165) is 17.9 Å². The predicted octanol–water partition coefficient (Wildman–Crippen LogP) is 4.03. The summed E-state index contributed by atoms with van der Waals surface area (Å²) >= 11 is 1.80. The first-order valence-electron chi connectivity index (χ1n) is 6.13. The molecular formula is C15H20N2S. The van der Waals surface area contributed by atoms with Gasteiger partial charge in [-0.05, 0) is 36.1 Å². The molecule has 0 radical (unpaired) electrons. The highest BCUT2D eigenvalue weighted by atomic mass is 32.1. The van der Waals surface area contributed by atoms with E-state index in [2.05, 4.69) is 55.7 Å². The number of hydrogen-bond acceptors (Lipinski definition) is 3. The highest BCUT2D eigenvalue weighted by molar-refractivity contribution is 7.10. The minimum absolute atomic E-state index is 0.117. The number of aryl methyl sites for hydroxylation is 1. The Labute approximate surface area is 113 Å². The lowest BCUT2D eigenvalue weighted by atomic mass is 9.91. The van der Waals surface area contributed by atoms with E-state index in [9.17, 15) is 0 Å². The van der Waals surface area contributed by atoms with Gasteiger partial charge in [0.1, 0.15) is 0 Å². The van der Waals surface area contributed by atoms with E-state index in [1.54, 1.807) is 11.3 Å². The Balaban J connectivity index is 2.07. The van der Waals surface area contributed by atoms with Gasteiger partial charge in [-0.1, -0.05) is 26.0 Å². The van der Waals surface area contributed by atoms with Crippen LogP contribution in [-0.4, -0.2) is 6.54 Å². The Morgan fingerprint density at radius 3 is 2.67 bits per heavy atom. The van der Waals surface area contributed by atoms with E-state index in [1.807, 2.05) is 6.07 Å². The Bertz CT molecular complexity index is 515. The van der Waals surface area contributed by atoms with Crippen molar-refractivity contribution in [3.8, 4) is 0 Å². The number of rotatable bonds is 4. The van der Waals surface area contributed by atoms with Crippen molar-refractivity contribution in [3.05, 3.63) is 46.2 Å². The Morgan fingerprint density at radius 1 is 1.28 bits per heavy atom. The van der Waals surface area contributed by atoms with Gasteiger partial charge in [0.2, 0.25) is 0 Å². The average molecular weight is 260 g/mol. The lowest BCUT2D eigenvalue weighted by Gasteiger charge is -2.24. The summed E-state index contributed by atoms with van der Waals surface area (Å²) in [4.78, 5) is 1.39. The number of nitrogens with two attached hydrogens (primary N) is 1. The van der Waals surface area contributed by atoms with Crippen molar-refractivity contribution in [1.29, 1.82) is 0 Å². The fraction of sp³-hybridized carbons (Fsp3) is 0.333. The number of benzene rings is 1. The molecule has 0 aliphatic heterocycles. The second-order valence-corrected chi connectivity index (χ2v) is 6.25. The molecule has 0 unspecified atom stereocenters. The van der Waals surface area contributed by atoms with Gasteiger partial charge in [0, 0.05) is 16.8 Å². The molecule has 2 rings (SSSR count). The Morgan fingerprint density at radius 2 is 2.06 bits per heavy atom. The largest absolute Gasteiger partial charge is 0.397 e. The van der Waals surface area contributed by atoms with E-state index in [0.29, 0.717) is 0 Å². The van der Waals surface area contributed by atoms with Crippen molar-refractivity contribution in [1.82, 2.24) is 0 Å². The summed E-state index contributed by atoms with van der Waals surface area (Å²) in [7, 11) is 0. The second kappa shape index (κ2) is 5.02. The molecule has 0 aliphatic carbocycles. The Hall–Kier alpha value is -1.48. The van der Waals surface area contributed by atoms with Crippen molar-refractivity contribution in [2.75, 3.05) is 17.6 Å². The van der Waals surface area contributed by atoms with Crippen molar-refractivity contribution in [2.24, 2.45) is 0 Å². The first-order chi connectivity index (χ1) is 8.49. The zero-order valence-corrected chi connectivity index (χ0v) is 12.0. The smallest absolute Gasteiger partial charge is 0.0574 e. The van der Waals surface area contributed by atoms with Crippen LogP contribution in [0.4, 0.5) is 11.4 Å². The summed E-state index contributed by atoms with van der Waals surface area (Å²) < 4.78 is 0. The third-order valence-electron chi connectivity index (χ3n) is 3.12. The Kier molecular flexibility index (Phi) is 3.62. The highest BCUT2D eigenvalue weighted by Crippen LogP contribution is 2.29. The molecule has 0 saturated carbocycles. The van der Waals surface area contributed by atoms with Gasteiger partial charge >= 0.3 is 0 Å². The van der Waals surface area contributed by atoms with Crippen LogP contribution in [-0.2, 0) is 5.41 Å². The molecule has 3 N–H and O–H groups in total. The molecule has 2 nitrogen and oxygen atoms in total. The van der Waals surface area contributed by atoms with Gasteiger partial charge in [-0.15, -0.1) is 11.3 Å². The summed E-state index contributed by atoms with van der Waals surface area (Å²) in [5, 5.41) is 5.57. The quantitative estimate of drug-likeness (QED) is 0.815. The van der Waals surface area contributed by atoms with Crippen LogP contribution < -0.4 is 11.1 Å². The summed E-state index contributed by atoms with van der Waals surface area (Å²) in [5.41, 5.74) is 9.15. The molecule has 96 valence electrons. The normalized spacial score (nSPS) is 11.5. The van der Waals surface area contributed by atoms with Crippen LogP contribution >= 0.6 is 11.3 Å². The maximum Gasteiger partial charge on any atom is 0.0574 e. The van der Waals surface area contributed by atoms with E-state index >= 15 is 0 Å². The summed E-state index contributed by atoms with van der Waals surface area (Å²) in [6.07, 6.45) is 0. The zero-order chi connectivity index (χ0) is 13.2. The second-order valence-electron chi connectivity index (χ2n) is 5.31. The molecule has 0 aliphatic rings. The highest BCUT2D eigenvalue weighted by Gasteiger charge is 2.21. The van der Waals surface area contributed by atoms with Crippen LogP contribution in [0, 0.1) is 6.92 Å². The fourth-order valence-electron chi connectivity index (χ4n) is 1.91. The molecule has 3 heteroatoms. The molecule has 18 heavy (non-hydrogen) atoms. The van der Waals surface area contributed by atoms with E-state index in [1.165, 1.54) is 10.4 Å². The molecule has 1 heterocycles. The molecule has 1 aromatic heterocycles. The monoisotopic (exact) mass is 260 g/mol. The SMILES string of the molecule is Cc1ccc(NCC(C)(C)c2cccs2)c(N)c1. The molecular weight excluding hydrogens is 240 g/mol. The lowest BCUT2D eigenvalue weighted by Crippen LogP contribution is -2.26. The van der Waals surface area contributed by atoms with Gasteiger partial charge in [-0.2, -0.15) is 0 Å². The van der Waals surface area contributed by atoms with Gasteiger partial charge < -0.3 is 11.1 Å². The number of hydrogen-bond donors (Lipinski definition) is 2. The molecule has 0 atom stereocenters. The number of nitrogens with one attached hydrogen (secondary N) is 1. The lowest BCUT2D eigenvalue weighted by molar-refractivity contribution is 0.569. The van der Waals surface area contributed by atoms with Crippen LogP contribution in [0.5, 0.6) is 0 Å². The topological polar surface area (TPSA) is 38.0 Å². The molecule has 0 amide bonds. The number of thiophene rings is 1. The van der Waals surface area contributed by atoms with E-state index < -0.39 is 0 Å². The molecule has 2 aromatic rings.